The molecule has 0 radical (unpaired) electrons. The predicted octanol–water partition coefficient (Wildman–Crippen LogP) is 3.89. The molecule has 3 heteroatoms. The van der Waals surface area contributed by atoms with Gasteiger partial charge in [-0.05, 0) is 63.3 Å². The average molecular weight is 271 g/mol. The third-order valence-electron chi connectivity index (χ3n) is 4.25. The summed E-state index contributed by atoms with van der Waals surface area (Å²) in [5.41, 5.74) is 4.79. The third-order valence-corrected chi connectivity index (χ3v) is 4.25. The Morgan fingerprint density at radius 1 is 1.25 bits per heavy atom. The molecule has 1 aliphatic rings. The molecule has 3 rings (SSSR count). The summed E-state index contributed by atoms with van der Waals surface area (Å²) < 4.78 is 7.27. The van der Waals surface area contributed by atoms with Crippen LogP contribution in [-0.2, 0) is 17.6 Å². The van der Waals surface area contributed by atoms with Gasteiger partial charge in [0.25, 0.3) is 0 Å². The zero-order valence-electron chi connectivity index (χ0n) is 12.4. The van der Waals surface area contributed by atoms with E-state index >= 15 is 0 Å². The highest BCUT2D eigenvalue weighted by Crippen LogP contribution is 2.35. The van der Waals surface area contributed by atoms with Crippen molar-refractivity contribution in [1.29, 1.82) is 0 Å². The highest BCUT2D eigenvalue weighted by molar-refractivity contribution is 5.96. The summed E-state index contributed by atoms with van der Waals surface area (Å²) >= 11 is 0. The van der Waals surface area contributed by atoms with E-state index in [0.29, 0.717) is 11.6 Å². The number of carbonyl (C=O) groups is 1. The molecule has 0 saturated heterocycles. The molecule has 0 saturated carbocycles. The molecule has 0 bridgehead atoms. The number of rotatable bonds is 2. The van der Waals surface area contributed by atoms with E-state index in [-0.39, 0.29) is 5.97 Å². The van der Waals surface area contributed by atoms with E-state index in [1.807, 2.05) is 12.1 Å². The van der Waals surface area contributed by atoms with E-state index in [1.165, 1.54) is 42.1 Å². The first-order chi connectivity index (χ1) is 9.63. The Morgan fingerprint density at radius 3 is 2.70 bits per heavy atom. The first-order valence-corrected chi connectivity index (χ1v) is 7.37. The van der Waals surface area contributed by atoms with Gasteiger partial charge in [0.1, 0.15) is 0 Å². The number of fused-ring (bicyclic) bond motifs is 3. The van der Waals surface area contributed by atoms with Crippen molar-refractivity contribution in [2.45, 2.75) is 45.6 Å². The Morgan fingerprint density at radius 2 is 2.00 bits per heavy atom. The molecule has 106 valence electrons. The van der Waals surface area contributed by atoms with Crippen molar-refractivity contribution in [2.24, 2.45) is 0 Å². The molecule has 1 aliphatic carbocycles. The number of esters is 1. The Kier molecular flexibility index (Phi) is 3.28. The van der Waals surface area contributed by atoms with Gasteiger partial charge in [-0.15, -0.1) is 0 Å². The fourth-order valence-electron chi connectivity index (χ4n) is 3.41. The number of nitrogens with zero attached hydrogens (tertiary/aromatic N) is 1. The van der Waals surface area contributed by atoms with Crippen molar-refractivity contribution >= 4 is 16.9 Å². The van der Waals surface area contributed by atoms with Gasteiger partial charge in [0.05, 0.1) is 12.7 Å². The number of hydrogen-bond acceptors (Lipinski definition) is 2. The van der Waals surface area contributed by atoms with Gasteiger partial charge in [-0.25, -0.2) is 4.79 Å². The molecule has 0 amide bonds. The quantitative estimate of drug-likeness (QED) is 0.776. The monoisotopic (exact) mass is 271 g/mol. The maximum Gasteiger partial charge on any atom is 0.337 e. The van der Waals surface area contributed by atoms with E-state index in [9.17, 15) is 4.79 Å². The van der Waals surface area contributed by atoms with Crippen molar-refractivity contribution in [3.63, 3.8) is 0 Å². The minimum atomic E-state index is -0.256. The zero-order chi connectivity index (χ0) is 14.3. The molecule has 2 aromatic rings. The predicted molar refractivity (Wildman–Crippen MR) is 80.3 cm³/mol. The number of aromatic nitrogens is 1. The lowest BCUT2D eigenvalue weighted by molar-refractivity contribution is 0.0601. The van der Waals surface area contributed by atoms with Crippen LogP contribution in [0.25, 0.3) is 10.9 Å². The SMILES string of the molecule is COC(=O)c1ccc2c(c1)c1c(n2C(C)C)CCCC1. The first-order valence-electron chi connectivity index (χ1n) is 7.37. The molecule has 0 fully saturated rings. The van der Waals surface area contributed by atoms with Gasteiger partial charge < -0.3 is 9.30 Å². The number of aryl methyl sites for hydroxylation is 1. The smallest absolute Gasteiger partial charge is 0.337 e. The van der Waals surface area contributed by atoms with Crippen LogP contribution in [0.15, 0.2) is 18.2 Å². The summed E-state index contributed by atoms with van der Waals surface area (Å²) in [5, 5.41) is 1.23. The third kappa shape index (κ3) is 1.92. The summed E-state index contributed by atoms with van der Waals surface area (Å²) in [5.74, 6) is -0.256. The second kappa shape index (κ2) is 4.97. The second-order valence-corrected chi connectivity index (χ2v) is 5.82. The largest absolute Gasteiger partial charge is 0.465 e. The summed E-state index contributed by atoms with van der Waals surface area (Å²) in [6.45, 7) is 4.45. The van der Waals surface area contributed by atoms with E-state index in [1.54, 1.807) is 0 Å². The molecule has 1 aromatic heterocycles. The summed E-state index contributed by atoms with van der Waals surface area (Å²) in [4.78, 5) is 11.7. The number of hydrogen-bond donors (Lipinski definition) is 0. The van der Waals surface area contributed by atoms with Crippen LogP contribution in [0.4, 0.5) is 0 Å². The van der Waals surface area contributed by atoms with Crippen molar-refractivity contribution in [3.8, 4) is 0 Å². The maximum atomic E-state index is 11.7. The van der Waals surface area contributed by atoms with Gasteiger partial charge in [-0.1, -0.05) is 0 Å². The van der Waals surface area contributed by atoms with Crippen LogP contribution in [-0.4, -0.2) is 17.6 Å². The Hall–Kier alpha value is -1.77. The Labute approximate surface area is 119 Å². The molecular formula is C17H21NO2. The first kappa shape index (κ1) is 13.2. The summed E-state index contributed by atoms with van der Waals surface area (Å²) in [6, 6.07) is 6.39. The number of carbonyl (C=O) groups excluding carboxylic acids is 1. The molecule has 0 N–H and O–H groups in total. The van der Waals surface area contributed by atoms with Crippen molar-refractivity contribution in [3.05, 3.63) is 35.0 Å². The van der Waals surface area contributed by atoms with Crippen LogP contribution >= 0.6 is 0 Å². The zero-order valence-corrected chi connectivity index (χ0v) is 12.4. The number of methoxy groups -OCH3 is 1. The van der Waals surface area contributed by atoms with Crippen LogP contribution in [0.2, 0.25) is 0 Å². The maximum absolute atomic E-state index is 11.7. The lowest BCUT2D eigenvalue weighted by Gasteiger charge is -2.18. The van der Waals surface area contributed by atoms with Gasteiger partial charge in [0.2, 0.25) is 0 Å². The van der Waals surface area contributed by atoms with Crippen molar-refractivity contribution < 1.29 is 9.53 Å². The van der Waals surface area contributed by atoms with Crippen LogP contribution in [0, 0.1) is 0 Å². The van der Waals surface area contributed by atoms with Gasteiger partial charge in [-0.2, -0.15) is 0 Å². The highest BCUT2D eigenvalue weighted by Gasteiger charge is 2.22. The molecule has 3 nitrogen and oxygen atoms in total. The summed E-state index contributed by atoms with van der Waals surface area (Å²) in [7, 11) is 1.43. The average Bonchev–Trinajstić information content (AvgIpc) is 2.80. The normalized spacial score (nSPS) is 14.6. The van der Waals surface area contributed by atoms with Crippen molar-refractivity contribution in [1.82, 2.24) is 4.57 Å². The molecule has 1 heterocycles. The number of ether oxygens (including phenoxy) is 1. The van der Waals surface area contributed by atoms with Crippen LogP contribution < -0.4 is 0 Å². The molecule has 1 aromatic carbocycles. The van der Waals surface area contributed by atoms with Gasteiger partial charge in [-0.3, -0.25) is 0 Å². The van der Waals surface area contributed by atoms with Gasteiger partial charge >= 0.3 is 5.97 Å². The second-order valence-electron chi connectivity index (χ2n) is 5.82. The number of benzene rings is 1. The van der Waals surface area contributed by atoms with Gasteiger partial charge in [0, 0.05) is 22.6 Å². The summed E-state index contributed by atoms with van der Waals surface area (Å²) in [6.07, 6.45) is 4.78. The lowest BCUT2D eigenvalue weighted by Crippen LogP contribution is -2.09. The minimum absolute atomic E-state index is 0.256. The van der Waals surface area contributed by atoms with Crippen LogP contribution in [0.1, 0.15) is 54.3 Å². The molecule has 0 aliphatic heterocycles. The van der Waals surface area contributed by atoms with E-state index < -0.39 is 0 Å². The topological polar surface area (TPSA) is 31.2 Å². The fraction of sp³-hybridized carbons (Fsp3) is 0.471. The van der Waals surface area contributed by atoms with Crippen molar-refractivity contribution in [2.75, 3.05) is 7.11 Å². The van der Waals surface area contributed by atoms with E-state index in [2.05, 4.69) is 24.5 Å². The fourth-order valence-corrected chi connectivity index (χ4v) is 3.41. The van der Waals surface area contributed by atoms with Crippen LogP contribution in [0.3, 0.4) is 0 Å². The van der Waals surface area contributed by atoms with Gasteiger partial charge in [0.15, 0.2) is 0 Å². The lowest BCUT2D eigenvalue weighted by atomic mass is 9.95. The molecule has 20 heavy (non-hydrogen) atoms. The van der Waals surface area contributed by atoms with E-state index in [0.717, 1.165) is 12.8 Å². The Balaban J connectivity index is 2.27. The molecule has 0 spiro atoms. The van der Waals surface area contributed by atoms with E-state index in [4.69, 9.17) is 4.74 Å². The minimum Gasteiger partial charge on any atom is -0.465 e. The van der Waals surface area contributed by atoms with Crippen LogP contribution in [0.5, 0.6) is 0 Å². The highest BCUT2D eigenvalue weighted by atomic mass is 16.5. The molecular weight excluding hydrogens is 250 g/mol. The standard InChI is InChI=1S/C17H21NO2/c1-11(2)18-15-7-5-4-6-13(15)14-10-12(17(19)20-3)8-9-16(14)18/h8-11H,4-7H2,1-3H3. The molecule has 0 atom stereocenters. The Bertz CT molecular complexity index is 667. The molecule has 0 unspecified atom stereocenters.